The van der Waals surface area contributed by atoms with Crippen molar-refractivity contribution in [1.82, 2.24) is 0 Å². The molecule has 0 aromatic heterocycles. The van der Waals surface area contributed by atoms with Crippen LogP contribution in [0.15, 0.2) is 54.6 Å². The summed E-state index contributed by atoms with van der Waals surface area (Å²) in [5.41, 5.74) is 3.66. The number of nitrogens with two attached hydrogens (primary N) is 1. The third kappa shape index (κ3) is 3.90. The van der Waals surface area contributed by atoms with Gasteiger partial charge in [0.1, 0.15) is 0 Å². The summed E-state index contributed by atoms with van der Waals surface area (Å²) in [6, 6.07) is 11.2. The zero-order valence-corrected chi connectivity index (χ0v) is 18.6. The number of nitrogens with one attached hydrogen (secondary N) is 1. The second-order valence-electron chi connectivity index (χ2n) is 6.85. The molecule has 0 saturated carbocycles. The molecule has 3 aromatic rings. The minimum atomic E-state index is -4.60. The fourth-order valence-corrected chi connectivity index (χ4v) is 3.52. The predicted octanol–water partition coefficient (Wildman–Crippen LogP) is 4.12. The summed E-state index contributed by atoms with van der Waals surface area (Å²) in [4.78, 5) is 37.9. The van der Waals surface area contributed by atoms with Gasteiger partial charge in [0.15, 0.2) is 11.6 Å². The summed E-state index contributed by atoms with van der Waals surface area (Å²) in [5, 5.41) is 12.2. The van der Waals surface area contributed by atoms with Crippen molar-refractivity contribution < 1.29 is 32.7 Å². The van der Waals surface area contributed by atoms with Gasteiger partial charge in [0.05, 0.1) is 33.6 Å². The number of fused-ring (bicyclic) bond motifs is 2. The first kappa shape index (κ1) is 23.5. The SMILES string of the molecule is Nc1c(C(=O)O)cc(Nc2cccc(C(F)(F)F)c2)c2c1C(=O)c1ccccc1C2=O.[Na]. The molecule has 3 aromatic carbocycles. The van der Waals surface area contributed by atoms with Crippen LogP contribution in [0.5, 0.6) is 0 Å². The Bertz CT molecular complexity index is 1290. The van der Waals surface area contributed by atoms with Crippen molar-refractivity contribution in [1.29, 1.82) is 0 Å². The molecule has 0 bridgehead atoms. The number of hydrogen-bond donors (Lipinski definition) is 3. The van der Waals surface area contributed by atoms with Crippen molar-refractivity contribution in [3.63, 3.8) is 0 Å². The Balaban J connectivity index is 0.00000289. The Labute approximate surface area is 201 Å². The summed E-state index contributed by atoms with van der Waals surface area (Å²) < 4.78 is 39.2. The number of carbonyl (C=O) groups excluding carboxylic acids is 2. The number of carboxylic acid groups (broad SMARTS) is 1. The molecule has 0 atom stereocenters. The van der Waals surface area contributed by atoms with E-state index in [0.717, 1.165) is 24.3 Å². The fraction of sp³-hybridized carbons (Fsp3) is 0.0455. The van der Waals surface area contributed by atoms with Gasteiger partial charge >= 0.3 is 12.1 Å². The van der Waals surface area contributed by atoms with Crippen molar-refractivity contribution in [3.05, 3.63) is 88.0 Å². The van der Waals surface area contributed by atoms with Crippen LogP contribution in [0.25, 0.3) is 0 Å². The number of carbonyl (C=O) groups is 3. The van der Waals surface area contributed by atoms with Gasteiger partial charge in [0.2, 0.25) is 0 Å². The Morgan fingerprint density at radius 3 is 2.06 bits per heavy atom. The second kappa shape index (κ2) is 8.42. The fourth-order valence-electron chi connectivity index (χ4n) is 3.52. The molecule has 0 fully saturated rings. The van der Waals surface area contributed by atoms with Crippen molar-refractivity contribution in [2.24, 2.45) is 0 Å². The molecule has 1 aliphatic carbocycles. The maximum atomic E-state index is 13.1. The minimum absolute atomic E-state index is 0. The van der Waals surface area contributed by atoms with E-state index in [1.807, 2.05) is 0 Å². The predicted molar refractivity (Wildman–Crippen MR) is 112 cm³/mol. The van der Waals surface area contributed by atoms with Crippen molar-refractivity contribution >= 4 is 64.2 Å². The largest absolute Gasteiger partial charge is 0.478 e. The van der Waals surface area contributed by atoms with E-state index in [9.17, 15) is 32.7 Å². The van der Waals surface area contributed by atoms with E-state index in [1.54, 1.807) is 12.1 Å². The van der Waals surface area contributed by atoms with Crippen LogP contribution in [0.4, 0.5) is 30.2 Å². The van der Waals surface area contributed by atoms with Crippen molar-refractivity contribution in [3.8, 4) is 0 Å². The molecule has 1 radical (unpaired) electrons. The van der Waals surface area contributed by atoms with E-state index in [2.05, 4.69) is 5.32 Å². The van der Waals surface area contributed by atoms with Crippen molar-refractivity contribution in [2.75, 3.05) is 11.1 Å². The first-order valence-electron chi connectivity index (χ1n) is 8.92. The molecule has 157 valence electrons. The molecule has 32 heavy (non-hydrogen) atoms. The van der Waals surface area contributed by atoms with E-state index in [1.165, 1.54) is 18.2 Å². The van der Waals surface area contributed by atoms with E-state index in [4.69, 9.17) is 5.73 Å². The zero-order valence-electron chi connectivity index (χ0n) is 16.6. The Hall–Kier alpha value is -3.14. The van der Waals surface area contributed by atoms with E-state index in [0.29, 0.717) is 0 Å². The number of rotatable bonds is 3. The van der Waals surface area contributed by atoms with Crippen molar-refractivity contribution in [2.45, 2.75) is 6.18 Å². The Morgan fingerprint density at radius 2 is 1.50 bits per heavy atom. The monoisotopic (exact) mass is 449 g/mol. The maximum absolute atomic E-state index is 13.1. The van der Waals surface area contributed by atoms with Gasteiger partial charge in [0, 0.05) is 46.4 Å². The first-order chi connectivity index (χ1) is 14.6. The molecule has 0 saturated heterocycles. The average molecular weight is 449 g/mol. The number of benzene rings is 3. The quantitative estimate of drug-likeness (QED) is 0.321. The molecule has 0 amide bonds. The number of carboxylic acids is 1. The standard InChI is InChI=1S/C22H13F3N2O4.Na/c23-22(24,25)10-4-3-5-11(8-10)27-15-9-14(21(30)31)18(26)17-16(15)19(28)12-6-1-2-7-13(12)20(17)29;/h1-9,27H,26H2,(H,30,31);. The van der Waals surface area contributed by atoms with E-state index >= 15 is 0 Å². The summed E-state index contributed by atoms with van der Waals surface area (Å²) in [5.74, 6) is -2.69. The number of ketones is 2. The smallest absolute Gasteiger partial charge is 0.416 e. The number of alkyl halides is 3. The number of anilines is 3. The van der Waals surface area contributed by atoms with Crippen LogP contribution < -0.4 is 11.1 Å². The molecule has 6 nitrogen and oxygen atoms in total. The van der Waals surface area contributed by atoms with Gasteiger partial charge in [-0.1, -0.05) is 30.3 Å². The Morgan fingerprint density at radius 1 is 0.906 bits per heavy atom. The molecule has 1 aliphatic rings. The molecular weight excluding hydrogens is 436 g/mol. The minimum Gasteiger partial charge on any atom is -0.478 e. The van der Waals surface area contributed by atoms with Crippen LogP contribution in [-0.2, 0) is 6.18 Å². The van der Waals surface area contributed by atoms with Gasteiger partial charge in [-0.05, 0) is 24.3 Å². The van der Waals surface area contributed by atoms with Crippen LogP contribution in [0, 0.1) is 0 Å². The van der Waals surface area contributed by atoms with Gasteiger partial charge in [-0.2, -0.15) is 13.2 Å². The molecule has 10 heteroatoms. The van der Waals surface area contributed by atoms with Crippen LogP contribution in [0.3, 0.4) is 0 Å². The summed E-state index contributed by atoms with van der Waals surface area (Å²) >= 11 is 0. The molecule has 0 heterocycles. The number of halogens is 3. The topological polar surface area (TPSA) is 109 Å². The molecule has 0 aliphatic heterocycles. The second-order valence-corrected chi connectivity index (χ2v) is 6.85. The van der Waals surface area contributed by atoms with Crippen LogP contribution in [-0.4, -0.2) is 52.2 Å². The average Bonchev–Trinajstić information content (AvgIpc) is 2.72. The first-order valence-corrected chi connectivity index (χ1v) is 8.92. The molecule has 0 unspecified atom stereocenters. The number of nitrogen functional groups attached to an aromatic ring is 1. The van der Waals surface area contributed by atoms with Gasteiger partial charge in [-0.25, -0.2) is 4.79 Å². The summed E-state index contributed by atoms with van der Waals surface area (Å²) in [6.45, 7) is 0. The van der Waals surface area contributed by atoms with Gasteiger partial charge in [-0.3, -0.25) is 9.59 Å². The van der Waals surface area contributed by atoms with Crippen LogP contribution in [0.1, 0.15) is 47.8 Å². The van der Waals surface area contributed by atoms with Crippen LogP contribution >= 0.6 is 0 Å². The van der Waals surface area contributed by atoms with E-state index < -0.39 is 34.8 Å². The van der Waals surface area contributed by atoms with Gasteiger partial charge in [0.25, 0.3) is 0 Å². The number of aromatic carboxylic acids is 1. The molecule has 4 rings (SSSR count). The maximum Gasteiger partial charge on any atom is 0.416 e. The molecule has 4 N–H and O–H groups in total. The third-order valence-corrected chi connectivity index (χ3v) is 4.94. The number of hydrogen-bond acceptors (Lipinski definition) is 5. The molecule has 0 spiro atoms. The normalized spacial score (nSPS) is 12.5. The van der Waals surface area contributed by atoms with Crippen LogP contribution in [0.2, 0.25) is 0 Å². The van der Waals surface area contributed by atoms with Gasteiger partial charge in [-0.15, -0.1) is 0 Å². The Kier molecular flexibility index (Phi) is 6.19. The molecular formula is C22H13F3N2NaO4. The summed E-state index contributed by atoms with van der Waals surface area (Å²) in [7, 11) is 0. The third-order valence-electron chi connectivity index (χ3n) is 4.94. The zero-order chi connectivity index (χ0) is 22.5. The van der Waals surface area contributed by atoms with E-state index in [-0.39, 0.29) is 68.9 Å². The van der Waals surface area contributed by atoms with Gasteiger partial charge < -0.3 is 16.2 Å². The summed E-state index contributed by atoms with van der Waals surface area (Å²) in [6.07, 6.45) is -4.60.